The zero-order valence-corrected chi connectivity index (χ0v) is 18.0. The van der Waals surface area contributed by atoms with Crippen LogP contribution in [0.25, 0.3) is 33.1 Å². The predicted octanol–water partition coefficient (Wildman–Crippen LogP) is 7.92. The molecule has 0 N–H and O–H groups in total. The lowest BCUT2D eigenvalue weighted by Gasteiger charge is -2.27. The van der Waals surface area contributed by atoms with E-state index >= 15 is 0 Å². The Bertz CT molecular complexity index is 1520. The number of rotatable bonds is 4. The van der Waals surface area contributed by atoms with Gasteiger partial charge in [-0.1, -0.05) is 78.9 Å². The van der Waals surface area contributed by atoms with Gasteiger partial charge in [-0.2, -0.15) is 0 Å². The third-order valence-electron chi connectivity index (χ3n) is 5.88. The van der Waals surface area contributed by atoms with E-state index in [0.717, 1.165) is 50.1 Å². The van der Waals surface area contributed by atoms with Crippen LogP contribution in [0.15, 0.2) is 128 Å². The van der Waals surface area contributed by atoms with Crippen molar-refractivity contribution >= 4 is 38.9 Å². The fourth-order valence-corrected chi connectivity index (χ4v) is 4.34. The highest BCUT2D eigenvalue weighted by Gasteiger charge is 2.17. The minimum Gasteiger partial charge on any atom is -0.310 e. The lowest BCUT2D eigenvalue weighted by Crippen LogP contribution is -2.11. The first kappa shape index (κ1) is 19.2. The fourth-order valence-electron chi connectivity index (χ4n) is 4.34. The largest absolute Gasteiger partial charge is 0.310 e. The molecule has 3 heteroatoms. The zero-order chi connectivity index (χ0) is 22.0. The van der Waals surface area contributed by atoms with Crippen LogP contribution in [0.4, 0.5) is 17.1 Å². The molecule has 0 amide bonds. The fraction of sp³-hybridized carbons (Fsp3) is 0. The molecular formula is C30H21N3. The van der Waals surface area contributed by atoms with E-state index < -0.39 is 0 Å². The number of fused-ring (bicyclic) bond motifs is 3. The third kappa shape index (κ3) is 3.50. The summed E-state index contributed by atoms with van der Waals surface area (Å²) in [6.07, 6.45) is 1.83. The molecule has 2 aromatic heterocycles. The van der Waals surface area contributed by atoms with Crippen molar-refractivity contribution in [1.82, 2.24) is 9.97 Å². The molecule has 0 spiro atoms. The molecule has 0 atom stereocenters. The van der Waals surface area contributed by atoms with E-state index in [4.69, 9.17) is 4.98 Å². The molecule has 4 aromatic carbocycles. The molecular weight excluding hydrogens is 402 g/mol. The van der Waals surface area contributed by atoms with E-state index in [-0.39, 0.29) is 0 Å². The van der Waals surface area contributed by atoms with Crippen molar-refractivity contribution in [2.24, 2.45) is 0 Å². The summed E-state index contributed by atoms with van der Waals surface area (Å²) in [6, 6.07) is 41.8. The molecule has 2 heterocycles. The minimum atomic E-state index is 0.923. The van der Waals surface area contributed by atoms with Crippen LogP contribution in [0.5, 0.6) is 0 Å². The van der Waals surface area contributed by atoms with Gasteiger partial charge in [0.05, 0.1) is 22.4 Å². The van der Waals surface area contributed by atoms with Gasteiger partial charge in [-0.25, -0.2) is 4.98 Å². The number of anilines is 3. The van der Waals surface area contributed by atoms with Crippen molar-refractivity contribution in [2.45, 2.75) is 0 Å². The van der Waals surface area contributed by atoms with Gasteiger partial charge in [0, 0.05) is 33.9 Å². The Kier molecular flexibility index (Phi) is 4.78. The Morgan fingerprint density at radius 1 is 0.485 bits per heavy atom. The Morgan fingerprint density at radius 2 is 1.09 bits per heavy atom. The molecule has 156 valence electrons. The van der Waals surface area contributed by atoms with Crippen LogP contribution < -0.4 is 4.90 Å². The summed E-state index contributed by atoms with van der Waals surface area (Å²) in [6.45, 7) is 0. The number of pyridine rings is 2. The van der Waals surface area contributed by atoms with Crippen molar-refractivity contribution in [2.75, 3.05) is 4.90 Å². The summed E-state index contributed by atoms with van der Waals surface area (Å²) in [7, 11) is 0. The molecule has 0 saturated carbocycles. The van der Waals surface area contributed by atoms with E-state index in [9.17, 15) is 0 Å². The molecule has 33 heavy (non-hydrogen) atoms. The molecule has 0 aliphatic heterocycles. The highest BCUT2D eigenvalue weighted by molar-refractivity contribution is 6.03. The molecule has 0 saturated heterocycles. The van der Waals surface area contributed by atoms with Crippen molar-refractivity contribution in [3.05, 3.63) is 128 Å². The number of aromatic nitrogens is 2. The molecule has 0 aliphatic rings. The van der Waals surface area contributed by atoms with Crippen molar-refractivity contribution in [1.29, 1.82) is 0 Å². The number of nitrogens with zero attached hydrogens (tertiary/aromatic N) is 3. The van der Waals surface area contributed by atoms with Gasteiger partial charge in [0.25, 0.3) is 0 Å². The second kappa shape index (κ2) is 8.21. The van der Waals surface area contributed by atoms with Gasteiger partial charge in [0.1, 0.15) is 0 Å². The molecule has 0 aliphatic carbocycles. The highest BCUT2D eigenvalue weighted by Crippen LogP contribution is 2.40. The van der Waals surface area contributed by atoms with Crippen LogP contribution in [-0.4, -0.2) is 9.97 Å². The quantitative estimate of drug-likeness (QED) is 0.270. The Balaban J connectivity index is 1.58. The number of benzene rings is 4. The van der Waals surface area contributed by atoms with Crippen molar-refractivity contribution in [3.8, 4) is 11.3 Å². The predicted molar refractivity (Wildman–Crippen MR) is 137 cm³/mol. The summed E-state index contributed by atoms with van der Waals surface area (Å²) >= 11 is 0. The van der Waals surface area contributed by atoms with Crippen LogP contribution >= 0.6 is 0 Å². The highest BCUT2D eigenvalue weighted by atomic mass is 15.1. The van der Waals surface area contributed by atoms with Crippen molar-refractivity contribution < 1.29 is 0 Å². The van der Waals surface area contributed by atoms with E-state index in [0.29, 0.717) is 0 Å². The molecule has 0 radical (unpaired) electrons. The normalized spacial score (nSPS) is 11.0. The molecule has 6 aromatic rings. The molecule has 6 rings (SSSR count). The van der Waals surface area contributed by atoms with E-state index in [1.807, 2.05) is 24.4 Å². The molecule has 3 nitrogen and oxygen atoms in total. The standard InChI is InChI=1S/C30H21N3/c1-3-11-24(12-4-1)33(25-13-5-2-6-14-25)28-16-8-7-15-26(28)27-20-19-23-18-17-22-10-9-21-31-29(22)30(23)32-27/h1-21H. The van der Waals surface area contributed by atoms with E-state index in [1.165, 1.54) is 0 Å². The second-order valence-corrected chi connectivity index (χ2v) is 7.93. The number of para-hydroxylation sites is 3. The van der Waals surface area contributed by atoms with Crippen LogP contribution in [0.2, 0.25) is 0 Å². The van der Waals surface area contributed by atoms with Gasteiger partial charge in [0.15, 0.2) is 0 Å². The first-order chi connectivity index (χ1) is 16.4. The lowest BCUT2D eigenvalue weighted by molar-refractivity contribution is 1.27. The van der Waals surface area contributed by atoms with Crippen LogP contribution in [-0.2, 0) is 0 Å². The maximum Gasteiger partial charge on any atom is 0.0972 e. The maximum atomic E-state index is 5.11. The molecule has 0 bridgehead atoms. The summed E-state index contributed by atoms with van der Waals surface area (Å²) < 4.78 is 0. The zero-order valence-electron chi connectivity index (χ0n) is 18.0. The van der Waals surface area contributed by atoms with Gasteiger partial charge < -0.3 is 4.90 Å². The molecule has 0 fully saturated rings. The van der Waals surface area contributed by atoms with E-state index in [1.54, 1.807) is 0 Å². The van der Waals surface area contributed by atoms with Gasteiger partial charge >= 0.3 is 0 Å². The monoisotopic (exact) mass is 423 g/mol. The summed E-state index contributed by atoms with van der Waals surface area (Å²) in [5.74, 6) is 0. The first-order valence-electron chi connectivity index (χ1n) is 11.0. The van der Waals surface area contributed by atoms with Crippen LogP contribution in [0.3, 0.4) is 0 Å². The Hall–Kier alpha value is -4.50. The first-order valence-corrected chi connectivity index (χ1v) is 11.0. The summed E-state index contributed by atoms with van der Waals surface area (Å²) in [5.41, 5.74) is 7.12. The Morgan fingerprint density at radius 3 is 1.82 bits per heavy atom. The van der Waals surface area contributed by atoms with Gasteiger partial charge in [-0.3, -0.25) is 4.98 Å². The average molecular weight is 424 g/mol. The van der Waals surface area contributed by atoms with Gasteiger partial charge in [0.2, 0.25) is 0 Å². The van der Waals surface area contributed by atoms with Crippen LogP contribution in [0.1, 0.15) is 0 Å². The lowest BCUT2D eigenvalue weighted by atomic mass is 10.0. The van der Waals surface area contributed by atoms with Gasteiger partial charge in [-0.05, 0) is 42.5 Å². The average Bonchev–Trinajstić information content (AvgIpc) is 2.90. The van der Waals surface area contributed by atoms with Crippen molar-refractivity contribution in [3.63, 3.8) is 0 Å². The maximum absolute atomic E-state index is 5.11. The number of hydrogen-bond donors (Lipinski definition) is 0. The Labute approximate surface area is 192 Å². The SMILES string of the molecule is c1ccc(N(c2ccccc2)c2ccccc2-c2ccc3ccc4cccnc4c3n2)cc1. The van der Waals surface area contributed by atoms with Gasteiger partial charge in [-0.15, -0.1) is 0 Å². The molecule has 0 unspecified atom stereocenters. The summed E-state index contributed by atoms with van der Waals surface area (Å²) in [5, 5.41) is 2.18. The van der Waals surface area contributed by atoms with E-state index in [2.05, 4.69) is 113 Å². The number of hydrogen-bond acceptors (Lipinski definition) is 3. The second-order valence-electron chi connectivity index (χ2n) is 7.93. The third-order valence-corrected chi connectivity index (χ3v) is 5.88. The summed E-state index contributed by atoms with van der Waals surface area (Å²) in [4.78, 5) is 12.0. The topological polar surface area (TPSA) is 29.0 Å². The van der Waals surface area contributed by atoms with Crippen LogP contribution in [0, 0.1) is 0 Å². The smallest absolute Gasteiger partial charge is 0.0972 e. The minimum absolute atomic E-state index is 0.923.